The quantitative estimate of drug-likeness (QED) is 0.338. The van der Waals surface area contributed by atoms with Gasteiger partial charge >= 0.3 is 6.09 Å². The van der Waals surface area contributed by atoms with Crippen molar-refractivity contribution in [2.75, 3.05) is 13.1 Å². The zero-order valence-corrected chi connectivity index (χ0v) is 19.8. The number of alkyl carbamates (subject to hydrolysis) is 1. The van der Waals surface area contributed by atoms with Crippen LogP contribution in [0.1, 0.15) is 32.8 Å². The number of hydrogen-bond donors (Lipinski definition) is 4. The fourth-order valence-electron chi connectivity index (χ4n) is 3.78. The summed E-state index contributed by atoms with van der Waals surface area (Å²) in [5.41, 5.74) is 6.56. The Morgan fingerprint density at radius 2 is 1.77 bits per heavy atom. The first-order chi connectivity index (χ1) is 16.4. The molecule has 0 aliphatic carbocycles. The topological polar surface area (TPSA) is 109 Å². The molecule has 35 heavy (non-hydrogen) atoms. The molecule has 0 saturated heterocycles. The van der Waals surface area contributed by atoms with Crippen molar-refractivity contribution in [1.29, 1.82) is 0 Å². The number of benzene rings is 2. The number of hydrogen-bond acceptors (Lipinski definition) is 4. The molecule has 1 heterocycles. The number of nitrogens with one attached hydrogen (secondary N) is 3. The highest BCUT2D eigenvalue weighted by Gasteiger charge is 2.21. The van der Waals surface area contributed by atoms with Crippen molar-refractivity contribution >= 4 is 22.9 Å². The van der Waals surface area contributed by atoms with Gasteiger partial charge in [0, 0.05) is 30.1 Å². The first kappa shape index (κ1) is 26.1. The van der Waals surface area contributed by atoms with E-state index >= 15 is 0 Å². The number of nitrogens with two attached hydrogens (primary N) is 1. The number of primary amides is 1. The molecule has 0 saturated carbocycles. The third kappa shape index (κ3) is 7.22. The number of amides is 2. The lowest BCUT2D eigenvalue weighted by Crippen LogP contribution is -2.46. The molecule has 1 aromatic heterocycles. The largest absolute Gasteiger partial charge is 0.444 e. The number of carbonyl (C=O) groups excluding carboxylic acids is 2. The molecule has 0 spiro atoms. The Morgan fingerprint density at radius 1 is 1.09 bits per heavy atom. The summed E-state index contributed by atoms with van der Waals surface area (Å²) in [5.74, 6) is -2.44. The lowest BCUT2D eigenvalue weighted by molar-refractivity contribution is -0.118. The van der Waals surface area contributed by atoms with Crippen LogP contribution in [0.25, 0.3) is 22.2 Å². The summed E-state index contributed by atoms with van der Waals surface area (Å²) in [6, 6.07) is 7.12. The lowest BCUT2D eigenvalue weighted by Gasteiger charge is -2.23. The molecule has 3 rings (SSSR count). The van der Waals surface area contributed by atoms with Gasteiger partial charge in [0.1, 0.15) is 23.1 Å². The van der Waals surface area contributed by atoms with Crippen LogP contribution in [0.4, 0.5) is 18.0 Å². The van der Waals surface area contributed by atoms with Crippen LogP contribution in [0.3, 0.4) is 0 Å². The molecule has 2 amide bonds. The number of carbonyl (C=O) groups is 2. The van der Waals surface area contributed by atoms with Crippen molar-refractivity contribution in [2.24, 2.45) is 5.73 Å². The minimum Gasteiger partial charge on any atom is -0.444 e. The van der Waals surface area contributed by atoms with Crippen LogP contribution in [-0.2, 0) is 16.0 Å². The molecule has 5 N–H and O–H groups in total. The second-order valence-electron chi connectivity index (χ2n) is 9.26. The Kier molecular flexibility index (Phi) is 8.06. The average Bonchev–Trinajstić information content (AvgIpc) is 3.08. The highest BCUT2D eigenvalue weighted by molar-refractivity contribution is 5.91. The summed E-state index contributed by atoms with van der Waals surface area (Å²) >= 11 is 0. The third-order valence-corrected chi connectivity index (χ3v) is 5.18. The van der Waals surface area contributed by atoms with Crippen LogP contribution in [0.5, 0.6) is 0 Å². The van der Waals surface area contributed by atoms with Gasteiger partial charge in [0.25, 0.3) is 0 Å². The molecule has 188 valence electrons. The second kappa shape index (κ2) is 10.8. The van der Waals surface area contributed by atoms with Crippen LogP contribution in [0.15, 0.2) is 36.4 Å². The van der Waals surface area contributed by atoms with E-state index in [1.807, 2.05) is 0 Å². The molecule has 2 aromatic carbocycles. The molecule has 1 unspecified atom stereocenters. The molecule has 3 aromatic rings. The van der Waals surface area contributed by atoms with Crippen LogP contribution in [0, 0.1) is 17.5 Å². The Morgan fingerprint density at radius 3 is 2.40 bits per heavy atom. The van der Waals surface area contributed by atoms with Gasteiger partial charge in [-0.05, 0) is 75.2 Å². The molecule has 0 aliphatic heterocycles. The van der Waals surface area contributed by atoms with Crippen LogP contribution in [-0.4, -0.2) is 41.7 Å². The Labute approximate surface area is 201 Å². The number of halogens is 3. The summed E-state index contributed by atoms with van der Waals surface area (Å²) in [5, 5.41) is 6.14. The zero-order valence-electron chi connectivity index (χ0n) is 19.8. The first-order valence-corrected chi connectivity index (χ1v) is 11.2. The van der Waals surface area contributed by atoms with E-state index in [0.717, 1.165) is 6.07 Å². The molecule has 1 atom stereocenters. The van der Waals surface area contributed by atoms with Gasteiger partial charge in [0.05, 0.1) is 11.6 Å². The standard InChI is InChI=1S/C25H29F3N4O3/c1-25(2,3)35-24(34)31-17(12-21(29)33)13-30-9-8-18-19-10-16(27)11-20(28)23(19)32-22(18)14-4-6-15(26)7-5-14/h4-7,10-11,17,30,32H,8-9,12-13H2,1-3H3,(H2,29,33)(H,31,34). The summed E-state index contributed by atoms with van der Waals surface area (Å²) < 4.78 is 47.1. The lowest BCUT2D eigenvalue weighted by atomic mass is 10.0. The highest BCUT2D eigenvalue weighted by atomic mass is 19.1. The molecule has 0 bridgehead atoms. The summed E-state index contributed by atoms with van der Waals surface area (Å²) in [6.45, 7) is 5.72. The molecule has 7 nitrogen and oxygen atoms in total. The smallest absolute Gasteiger partial charge is 0.407 e. The molecule has 0 radical (unpaired) electrons. The second-order valence-corrected chi connectivity index (χ2v) is 9.26. The van der Waals surface area contributed by atoms with Gasteiger partial charge in [0.15, 0.2) is 0 Å². The van der Waals surface area contributed by atoms with E-state index in [9.17, 15) is 22.8 Å². The van der Waals surface area contributed by atoms with Crippen LogP contribution in [0.2, 0.25) is 0 Å². The minimum absolute atomic E-state index is 0.101. The molecule has 0 fully saturated rings. The first-order valence-electron chi connectivity index (χ1n) is 11.2. The fraction of sp³-hybridized carbons (Fsp3) is 0.360. The Bertz CT molecular complexity index is 1200. The minimum atomic E-state index is -0.731. The maximum atomic E-state index is 14.4. The third-order valence-electron chi connectivity index (χ3n) is 5.18. The fourth-order valence-corrected chi connectivity index (χ4v) is 3.78. The van der Waals surface area contributed by atoms with Crippen LogP contribution >= 0.6 is 0 Å². The Hall–Kier alpha value is -3.53. The van der Waals surface area contributed by atoms with Crippen molar-refractivity contribution in [1.82, 2.24) is 15.6 Å². The van der Waals surface area contributed by atoms with Crippen molar-refractivity contribution in [3.8, 4) is 11.3 Å². The van der Waals surface area contributed by atoms with Crippen molar-refractivity contribution in [3.63, 3.8) is 0 Å². The van der Waals surface area contributed by atoms with Gasteiger partial charge in [-0.1, -0.05) is 0 Å². The van der Waals surface area contributed by atoms with Gasteiger partial charge in [-0.15, -0.1) is 0 Å². The van der Waals surface area contributed by atoms with Gasteiger partial charge in [-0.2, -0.15) is 0 Å². The number of aromatic nitrogens is 1. The number of aromatic amines is 1. The molecule has 10 heteroatoms. The van der Waals surface area contributed by atoms with Crippen molar-refractivity contribution < 1.29 is 27.5 Å². The van der Waals surface area contributed by atoms with Crippen LogP contribution < -0.4 is 16.4 Å². The van der Waals surface area contributed by atoms with E-state index in [0.29, 0.717) is 35.2 Å². The predicted octanol–water partition coefficient (Wildman–Crippen LogP) is 4.15. The van der Waals surface area contributed by atoms with Gasteiger partial charge in [0.2, 0.25) is 5.91 Å². The predicted molar refractivity (Wildman–Crippen MR) is 127 cm³/mol. The number of H-pyrrole nitrogens is 1. The summed E-state index contributed by atoms with van der Waals surface area (Å²) in [4.78, 5) is 26.5. The molecule has 0 aliphatic rings. The summed E-state index contributed by atoms with van der Waals surface area (Å²) in [7, 11) is 0. The molecular formula is C25H29F3N4O3. The van der Waals surface area contributed by atoms with E-state index in [1.165, 1.54) is 18.2 Å². The average molecular weight is 491 g/mol. The van der Waals surface area contributed by atoms with Crippen molar-refractivity contribution in [2.45, 2.75) is 45.3 Å². The summed E-state index contributed by atoms with van der Waals surface area (Å²) in [6.07, 6.45) is -0.422. The van der Waals surface area contributed by atoms with E-state index in [-0.39, 0.29) is 18.5 Å². The van der Waals surface area contributed by atoms with Crippen molar-refractivity contribution in [3.05, 3.63) is 59.4 Å². The van der Waals surface area contributed by atoms with Gasteiger partial charge in [-0.25, -0.2) is 18.0 Å². The number of rotatable bonds is 9. The van der Waals surface area contributed by atoms with E-state index in [4.69, 9.17) is 10.5 Å². The van der Waals surface area contributed by atoms with E-state index < -0.39 is 41.1 Å². The zero-order chi connectivity index (χ0) is 25.8. The van der Waals surface area contributed by atoms with E-state index in [1.54, 1.807) is 32.9 Å². The monoisotopic (exact) mass is 490 g/mol. The Balaban J connectivity index is 1.76. The SMILES string of the molecule is CC(C)(C)OC(=O)NC(CNCCc1c(-c2ccc(F)cc2)[nH]c2c(F)cc(F)cc12)CC(N)=O. The van der Waals surface area contributed by atoms with Gasteiger partial charge < -0.3 is 26.1 Å². The maximum absolute atomic E-state index is 14.4. The maximum Gasteiger partial charge on any atom is 0.407 e. The van der Waals surface area contributed by atoms with Gasteiger partial charge in [-0.3, -0.25) is 4.79 Å². The number of fused-ring (bicyclic) bond motifs is 1. The normalized spacial score (nSPS) is 12.5. The molecular weight excluding hydrogens is 461 g/mol. The van der Waals surface area contributed by atoms with E-state index in [2.05, 4.69) is 15.6 Å². The number of ether oxygens (including phenoxy) is 1. The highest BCUT2D eigenvalue weighted by Crippen LogP contribution is 2.32.